The van der Waals surface area contributed by atoms with E-state index in [1.807, 2.05) is 49.9 Å². The van der Waals surface area contributed by atoms with Crippen LogP contribution in [0.15, 0.2) is 24.3 Å². The minimum Gasteiger partial charge on any atom is -0.484 e. The van der Waals surface area contributed by atoms with E-state index in [-0.39, 0.29) is 24.3 Å². The van der Waals surface area contributed by atoms with Gasteiger partial charge in [0, 0.05) is 32.1 Å². The molecule has 0 bridgehead atoms. The van der Waals surface area contributed by atoms with Gasteiger partial charge in [-0.25, -0.2) is 0 Å². The number of amides is 2. The van der Waals surface area contributed by atoms with Crippen LogP contribution in [0.3, 0.4) is 0 Å². The van der Waals surface area contributed by atoms with Crippen molar-refractivity contribution < 1.29 is 14.3 Å². The Morgan fingerprint density at radius 3 is 2.43 bits per heavy atom. The van der Waals surface area contributed by atoms with Crippen molar-refractivity contribution in [3.8, 4) is 5.75 Å². The predicted molar refractivity (Wildman–Crippen MR) is 89.3 cm³/mol. The van der Waals surface area contributed by atoms with Crippen molar-refractivity contribution in [1.29, 1.82) is 0 Å². The summed E-state index contributed by atoms with van der Waals surface area (Å²) in [6, 6.07) is 7.67. The standard InChI is InChI=1S/C18H26N2O3/c1-14(2)18(22)20-10-6-9-19(11-12-20)17(21)13-23-16-8-5-4-7-15(16)3/h4-5,7-8,14H,6,9-13H2,1-3H3. The normalized spacial score (nSPS) is 15.5. The molecule has 0 unspecified atom stereocenters. The molecule has 23 heavy (non-hydrogen) atoms. The molecule has 1 heterocycles. The molecule has 1 aromatic rings. The van der Waals surface area contributed by atoms with Gasteiger partial charge in [-0.1, -0.05) is 32.0 Å². The van der Waals surface area contributed by atoms with Gasteiger partial charge < -0.3 is 14.5 Å². The van der Waals surface area contributed by atoms with Gasteiger partial charge in [-0.15, -0.1) is 0 Å². The molecule has 2 rings (SSSR count). The second kappa shape index (κ2) is 7.99. The Labute approximate surface area is 138 Å². The van der Waals surface area contributed by atoms with Crippen molar-refractivity contribution >= 4 is 11.8 Å². The van der Waals surface area contributed by atoms with E-state index in [9.17, 15) is 9.59 Å². The van der Waals surface area contributed by atoms with Crippen molar-refractivity contribution in [3.05, 3.63) is 29.8 Å². The zero-order valence-corrected chi connectivity index (χ0v) is 14.2. The first kappa shape index (κ1) is 17.3. The molecule has 1 aliphatic heterocycles. The highest BCUT2D eigenvalue weighted by Crippen LogP contribution is 2.16. The maximum absolute atomic E-state index is 12.3. The molecule has 1 saturated heterocycles. The Kier molecular flexibility index (Phi) is 6.02. The number of carbonyl (C=O) groups excluding carboxylic acids is 2. The van der Waals surface area contributed by atoms with Crippen LogP contribution in [0.5, 0.6) is 5.75 Å². The first-order chi connectivity index (χ1) is 11.0. The van der Waals surface area contributed by atoms with E-state index >= 15 is 0 Å². The van der Waals surface area contributed by atoms with Gasteiger partial charge in [0.2, 0.25) is 5.91 Å². The summed E-state index contributed by atoms with van der Waals surface area (Å²) in [5.41, 5.74) is 1.02. The van der Waals surface area contributed by atoms with Gasteiger partial charge in [0.05, 0.1) is 0 Å². The second-order valence-corrected chi connectivity index (χ2v) is 6.27. The van der Waals surface area contributed by atoms with Crippen molar-refractivity contribution in [2.75, 3.05) is 32.8 Å². The lowest BCUT2D eigenvalue weighted by Crippen LogP contribution is -2.40. The van der Waals surface area contributed by atoms with Gasteiger partial charge in [0.25, 0.3) is 5.91 Å². The first-order valence-corrected chi connectivity index (χ1v) is 8.24. The largest absolute Gasteiger partial charge is 0.484 e. The third-order valence-electron chi connectivity index (χ3n) is 4.10. The summed E-state index contributed by atoms with van der Waals surface area (Å²) in [7, 11) is 0. The summed E-state index contributed by atoms with van der Waals surface area (Å²) >= 11 is 0. The summed E-state index contributed by atoms with van der Waals surface area (Å²) in [5.74, 6) is 0.886. The molecular formula is C18H26N2O3. The molecular weight excluding hydrogens is 292 g/mol. The summed E-state index contributed by atoms with van der Waals surface area (Å²) in [5, 5.41) is 0. The van der Waals surface area contributed by atoms with E-state index < -0.39 is 0 Å². The zero-order chi connectivity index (χ0) is 16.8. The average Bonchev–Trinajstić information content (AvgIpc) is 2.79. The Morgan fingerprint density at radius 2 is 1.74 bits per heavy atom. The highest BCUT2D eigenvalue weighted by molar-refractivity contribution is 5.79. The molecule has 1 fully saturated rings. The number of hydrogen-bond acceptors (Lipinski definition) is 3. The molecule has 0 radical (unpaired) electrons. The lowest BCUT2D eigenvalue weighted by Gasteiger charge is -2.23. The van der Waals surface area contributed by atoms with Crippen LogP contribution in [-0.2, 0) is 9.59 Å². The number of benzene rings is 1. The monoisotopic (exact) mass is 318 g/mol. The van der Waals surface area contributed by atoms with Gasteiger partial charge in [-0.2, -0.15) is 0 Å². The third kappa shape index (κ3) is 4.71. The van der Waals surface area contributed by atoms with Crippen LogP contribution in [0.2, 0.25) is 0 Å². The maximum atomic E-state index is 12.3. The van der Waals surface area contributed by atoms with Crippen LogP contribution in [0.25, 0.3) is 0 Å². The quantitative estimate of drug-likeness (QED) is 0.854. The molecule has 1 aromatic carbocycles. The van der Waals surface area contributed by atoms with E-state index in [0.717, 1.165) is 24.3 Å². The molecule has 1 aliphatic rings. The van der Waals surface area contributed by atoms with E-state index in [0.29, 0.717) is 19.6 Å². The Morgan fingerprint density at radius 1 is 1.09 bits per heavy atom. The lowest BCUT2D eigenvalue weighted by molar-refractivity contribution is -0.136. The summed E-state index contributed by atoms with van der Waals surface area (Å²) < 4.78 is 5.63. The topological polar surface area (TPSA) is 49.9 Å². The first-order valence-electron chi connectivity index (χ1n) is 8.24. The number of rotatable bonds is 4. The summed E-state index contributed by atoms with van der Waals surface area (Å²) in [4.78, 5) is 28.1. The van der Waals surface area contributed by atoms with Crippen LogP contribution >= 0.6 is 0 Å². The lowest BCUT2D eigenvalue weighted by atomic mass is 10.2. The molecule has 0 atom stereocenters. The SMILES string of the molecule is Cc1ccccc1OCC(=O)N1CCCN(C(=O)C(C)C)CC1. The fourth-order valence-electron chi connectivity index (χ4n) is 2.70. The molecule has 5 heteroatoms. The maximum Gasteiger partial charge on any atom is 0.260 e. The van der Waals surface area contributed by atoms with Crippen molar-refractivity contribution in [1.82, 2.24) is 9.80 Å². The van der Waals surface area contributed by atoms with Gasteiger partial charge in [0.15, 0.2) is 6.61 Å². The molecule has 0 aromatic heterocycles. The number of aryl methyl sites for hydroxylation is 1. The minimum atomic E-state index is -0.0212. The smallest absolute Gasteiger partial charge is 0.260 e. The second-order valence-electron chi connectivity index (χ2n) is 6.27. The fraction of sp³-hybridized carbons (Fsp3) is 0.556. The fourth-order valence-corrected chi connectivity index (χ4v) is 2.70. The predicted octanol–water partition coefficient (Wildman–Crippen LogP) is 2.09. The van der Waals surface area contributed by atoms with Gasteiger partial charge in [0.1, 0.15) is 5.75 Å². The third-order valence-corrected chi connectivity index (χ3v) is 4.10. The molecule has 0 aliphatic carbocycles. The summed E-state index contributed by atoms with van der Waals surface area (Å²) in [6.07, 6.45) is 0.814. The number of para-hydroxylation sites is 1. The highest BCUT2D eigenvalue weighted by Gasteiger charge is 2.23. The van der Waals surface area contributed by atoms with E-state index in [1.165, 1.54) is 0 Å². The zero-order valence-electron chi connectivity index (χ0n) is 14.2. The Balaban J connectivity index is 1.86. The van der Waals surface area contributed by atoms with E-state index in [4.69, 9.17) is 4.74 Å². The van der Waals surface area contributed by atoms with Gasteiger partial charge in [-0.05, 0) is 25.0 Å². The summed E-state index contributed by atoms with van der Waals surface area (Å²) in [6.45, 7) is 8.40. The molecule has 5 nitrogen and oxygen atoms in total. The van der Waals surface area contributed by atoms with Crippen LogP contribution in [0, 0.1) is 12.8 Å². The van der Waals surface area contributed by atoms with Crippen molar-refractivity contribution in [2.24, 2.45) is 5.92 Å². The highest BCUT2D eigenvalue weighted by atomic mass is 16.5. The Bertz CT molecular complexity index is 557. The van der Waals surface area contributed by atoms with Gasteiger partial charge >= 0.3 is 0 Å². The molecule has 0 spiro atoms. The molecule has 2 amide bonds. The van der Waals surface area contributed by atoms with E-state index in [1.54, 1.807) is 4.90 Å². The minimum absolute atomic E-state index is 0.00152. The van der Waals surface area contributed by atoms with Crippen LogP contribution in [-0.4, -0.2) is 54.4 Å². The van der Waals surface area contributed by atoms with Gasteiger partial charge in [-0.3, -0.25) is 9.59 Å². The van der Waals surface area contributed by atoms with Crippen LogP contribution in [0.4, 0.5) is 0 Å². The Hall–Kier alpha value is -2.04. The molecule has 0 saturated carbocycles. The van der Waals surface area contributed by atoms with Crippen molar-refractivity contribution in [3.63, 3.8) is 0 Å². The molecule has 126 valence electrons. The molecule has 0 N–H and O–H groups in total. The van der Waals surface area contributed by atoms with Crippen molar-refractivity contribution in [2.45, 2.75) is 27.2 Å². The average molecular weight is 318 g/mol. The number of ether oxygens (including phenoxy) is 1. The van der Waals surface area contributed by atoms with E-state index in [2.05, 4.69) is 0 Å². The van der Waals surface area contributed by atoms with Crippen LogP contribution in [0.1, 0.15) is 25.8 Å². The van der Waals surface area contributed by atoms with Crippen LogP contribution < -0.4 is 4.74 Å². The number of nitrogens with zero attached hydrogens (tertiary/aromatic N) is 2. The number of hydrogen-bond donors (Lipinski definition) is 0. The number of carbonyl (C=O) groups is 2.